The molecule has 2 heterocycles. The zero-order valence-electron chi connectivity index (χ0n) is 19.8. The summed E-state index contributed by atoms with van der Waals surface area (Å²) >= 11 is 0. The van der Waals surface area contributed by atoms with Gasteiger partial charge in [-0.25, -0.2) is 9.59 Å². The molecule has 4 rings (SSSR count). The number of ether oxygens (including phenoxy) is 1. The van der Waals surface area contributed by atoms with Gasteiger partial charge in [-0.15, -0.1) is 0 Å². The van der Waals surface area contributed by atoms with Crippen LogP contribution in [0.1, 0.15) is 18.4 Å². The van der Waals surface area contributed by atoms with Crippen molar-refractivity contribution in [2.24, 2.45) is 0 Å². The van der Waals surface area contributed by atoms with E-state index in [0.717, 1.165) is 5.56 Å². The molecule has 2 aromatic heterocycles. The second kappa shape index (κ2) is 10.9. The number of nitrogens with two attached hydrogens (primary N) is 1. The highest BCUT2D eigenvalue weighted by Gasteiger charge is 2.24. The molecule has 0 spiro atoms. The third kappa shape index (κ3) is 5.15. The van der Waals surface area contributed by atoms with E-state index in [-0.39, 0.29) is 44.2 Å². The zero-order chi connectivity index (χ0) is 25.7. The Morgan fingerprint density at radius 1 is 1.06 bits per heavy atom. The van der Waals surface area contributed by atoms with Gasteiger partial charge < -0.3 is 19.8 Å². The number of hydrogen-bond acceptors (Lipinski definition) is 7. The smallest absolute Gasteiger partial charge is 0.408 e. The number of nitrogens with zero attached hydrogens (tertiary/aromatic N) is 3. The molecule has 2 aromatic carbocycles. The van der Waals surface area contributed by atoms with E-state index in [0.29, 0.717) is 17.5 Å². The van der Waals surface area contributed by atoms with Crippen LogP contribution in [0, 0.1) is 0 Å². The molecule has 0 unspecified atom stereocenters. The predicted molar refractivity (Wildman–Crippen MR) is 135 cm³/mol. The van der Waals surface area contributed by atoms with Gasteiger partial charge in [0, 0.05) is 26.6 Å². The first kappa shape index (κ1) is 24.7. The quantitative estimate of drug-likeness (QED) is 0.341. The van der Waals surface area contributed by atoms with Gasteiger partial charge in [-0.3, -0.25) is 23.7 Å². The molecule has 0 saturated heterocycles. The maximum Gasteiger partial charge on any atom is 0.419 e. The molecule has 0 bridgehead atoms. The number of rotatable bonds is 10. The summed E-state index contributed by atoms with van der Waals surface area (Å²) in [5, 5.41) is 0. The Labute approximate surface area is 205 Å². The van der Waals surface area contributed by atoms with Crippen molar-refractivity contribution >= 4 is 28.5 Å². The van der Waals surface area contributed by atoms with Crippen LogP contribution in [0.2, 0.25) is 0 Å². The van der Waals surface area contributed by atoms with E-state index in [9.17, 15) is 19.2 Å². The Morgan fingerprint density at radius 2 is 1.78 bits per heavy atom. The number of nitrogens with one attached hydrogen (secondary N) is 1. The van der Waals surface area contributed by atoms with E-state index in [1.54, 1.807) is 24.3 Å². The zero-order valence-corrected chi connectivity index (χ0v) is 19.8. The number of hydrogen-bond donors (Lipinski definition) is 2. The number of methoxy groups -OCH3 is 1. The predicted octanol–water partition coefficient (Wildman–Crippen LogP) is 1.53. The van der Waals surface area contributed by atoms with Gasteiger partial charge in [0.1, 0.15) is 5.82 Å². The number of nitrogen functional groups attached to an aromatic ring is 1. The van der Waals surface area contributed by atoms with Crippen LogP contribution in [-0.2, 0) is 22.6 Å². The number of fused-ring (bicyclic) bond motifs is 1. The van der Waals surface area contributed by atoms with Gasteiger partial charge in [0.05, 0.1) is 18.7 Å². The molecule has 0 fully saturated rings. The lowest BCUT2D eigenvalue weighted by Crippen LogP contribution is -2.42. The number of aryl methyl sites for hydroxylation is 1. The second-order valence-electron chi connectivity index (χ2n) is 8.19. The molecule has 4 aromatic rings. The van der Waals surface area contributed by atoms with Crippen LogP contribution >= 0.6 is 0 Å². The molecule has 188 valence electrons. The minimum absolute atomic E-state index is 0.0202. The molecule has 36 heavy (non-hydrogen) atoms. The second-order valence-corrected chi connectivity index (χ2v) is 8.19. The minimum Gasteiger partial charge on any atom is -0.408 e. The Morgan fingerprint density at radius 3 is 2.53 bits per heavy atom. The molecule has 0 aliphatic rings. The van der Waals surface area contributed by atoms with Crippen LogP contribution < -0.4 is 27.6 Å². The molecule has 1 amide bonds. The van der Waals surface area contributed by atoms with Crippen molar-refractivity contribution in [3.05, 3.63) is 91.5 Å². The van der Waals surface area contributed by atoms with Crippen molar-refractivity contribution in [3.8, 4) is 0 Å². The van der Waals surface area contributed by atoms with Crippen LogP contribution in [0.5, 0.6) is 0 Å². The SMILES string of the molecule is COCCN(C(=O)CCCn1c(=O)oc2ccccc21)c1c(N)n(Cc2ccccc2)c(=O)[nH]c1=O. The molecule has 0 saturated carbocycles. The van der Waals surface area contributed by atoms with E-state index < -0.39 is 22.9 Å². The average molecular weight is 494 g/mol. The summed E-state index contributed by atoms with van der Waals surface area (Å²) in [5.74, 6) is -1.02. The summed E-state index contributed by atoms with van der Waals surface area (Å²) in [4.78, 5) is 54.3. The number of oxazole rings is 1. The van der Waals surface area contributed by atoms with E-state index in [1.165, 1.54) is 21.1 Å². The number of H-pyrrole nitrogens is 1. The van der Waals surface area contributed by atoms with Crippen molar-refractivity contribution in [1.29, 1.82) is 0 Å². The van der Waals surface area contributed by atoms with Crippen LogP contribution in [0.15, 0.2) is 73.4 Å². The Bertz CT molecular complexity index is 1530. The van der Waals surface area contributed by atoms with Crippen molar-refractivity contribution in [3.63, 3.8) is 0 Å². The lowest BCUT2D eigenvalue weighted by Gasteiger charge is -2.24. The van der Waals surface area contributed by atoms with E-state index in [4.69, 9.17) is 14.9 Å². The molecular formula is C25H27N5O6. The van der Waals surface area contributed by atoms with Crippen molar-refractivity contribution < 1.29 is 13.9 Å². The molecule has 3 N–H and O–H groups in total. The number of aromatic amines is 1. The highest BCUT2D eigenvalue weighted by atomic mass is 16.5. The standard InChI is InChI=1S/C25H27N5O6/c1-35-15-14-29(20(31)12-7-13-28-18-10-5-6-11-19(18)36-25(28)34)21-22(26)30(24(33)27-23(21)32)16-17-8-3-2-4-9-17/h2-6,8-11H,7,12-16,26H2,1H3,(H,27,32,33). The molecule has 0 radical (unpaired) electrons. The monoisotopic (exact) mass is 493 g/mol. The lowest BCUT2D eigenvalue weighted by molar-refractivity contribution is -0.118. The Balaban J connectivity index is 1.59. The normalized spacial score (nSPS) is 11.1. The summed E-state index contributed by atoms with van der Waals surface area (Å²) < 4.78 is 13.0. The van der Waals surface area contributed by atoms with Crippen LogP contribution in [0.3, 0.4) is 0 Å². The van der Waals surface area contributed by atoms with Gasteiger partial charge >= 0.3 is 11.4 Å². The number of anilines is 2. The molecule has 0 aliphatic heterocycles. The van der Waals surface area contributed by atoms with Crippen LogP contribution in [0.4, 0.5) is 11.5 Å². The van der Waals surface area contributed by atoms with Crippen molar-refractivity contribution in [2.45, 2.75) is 25.9 Å². The summed E-state index contributed by atoms with van der Waals surface area (Å²) in [6.07, 6.45) is 0.333. The van der Waals surface area contributed by atoms with Gasteiger partial charge in [-0.2, -0.15) is 0 Å². The fourth-order valence-electron chi connectivity index (χ4n) is 4.05. The van der Waals surface area contributed by atoms with Gasteiger partial charge in [-0.05, 0) is 24.1 Å². The number of carbonyl (C=O) groups excluding carboxylic acids is 1. The molecule has 0 atom stereocenters. The molecule has 11 heteroatoms. The summed E-state index contributed by atoms with van der Waals surface area (Å²) in [6, 6.07) is 16.2. The van der Waals surface area contributed by atoms with Crippen LogP contribution in [-0.4, -0.2) is 40.3 Å². The van der Waals surface area contributed by atoms with E-state index in [2.05, 4.69) is 4.98 Å². The first-order valence-electron chi connectivity index (χ1n) is 11.4. The molecular weight excluding hydrogens is 466 g/mol. The summed E-state index contributed by atoms with van der Waals surface area (Å²) in [7, 11) is 1.48. The highest BCUT2D eigenvalue weighted by Crippen LogP contribution is 2.20. The van der Waals surface area contributed by atoms with Gasteiger partial charge in [0.25, 0.3) is 5.56 Å². The third-order valence-corrected chi connectivity index (χ3v) is 5.83. The number of amides is 1. The van der Waals surface area contributed by atoms with Gasteiger partial charge in [0.15, 0.2) is 11.3 Å². The van der Waals surface area contributed by atoms with Crippen LogP contribution in [0.25, 0.3) is 11.1 Å². The topological polar surface area (TPSA) is 146 Å². The lowest BCUT2D eigenvalue weighted by atomic mass is 10.2. The fourth-order valence-corrected chi connectivity index (χ4v) is 4.05. The van der Waals surface area contributed by atoms with Crippen molar-refractivity contribution in [1.82, 2.24) is 14.1 Å². The number of aromatic nitrogens is 3. The fraction of sp³-hybridized carbons (Fsp3) is 0.280. The molecule has 0 aliphatic carbocycles. The number of para-hydroxylation sites is 2. The Hall–Kier alpha value is -4.38. The maximum atomic E-state index is 13.2. The summed E-state index contributed by atoms with van der Waals surface area (Å²) in [5.41, 5.74) is 6.65. The van der Waals surface area contributed by atoms with Crippen molar-refractivity contribution in [2.75, 3.05) is 30.9 Å². The summed E-state index contributed by atoms with van der Waals surface area (Å²) in [6.45, 7) is 0.576. The largest absolute Gasteiger partial charge is 0.419 e. The first-order chi connectivity index (χ1) is 17.4. The minimum atomic E-state index is -0.761. The third-order valence-electron chi connectivity index (χ3n) is 5.83. The maximum absolute atomic E-state index is 13.2. The Kier molecular flexibility index (Phi) is 7.50. The number of carbonyl (C=O) groups is 1. The number of benzene rings is 2. The van der Waals surface area contributed by atoms with Gasteiger partial charge in [0.2, 0.25) is 5.91 Å². The highest BCUT2D eigenvalue weighted by molar-refractivity contribution is 5.95. The van der Waals surface area contributed by atoms with Gasteiger partial charge in [-0.1, -0.05) is 42.5 Å². The van der Waals surface area contributed by atoms with E-state index in [1.807, 2.05) is 30.3 Å². The average Bonchev–Trinajstić information content (AvgIpc) is 3.19. The van der Waals surface area contributed by atoms with E-state index >= 15 is 0 Å². The molecule has 11 nitrogen and oxygen atoms in total. The first-order valence-corrected chi connectivity index (χ1v) is 11.4.